The predicted octanol–water partition coefficient (Wildman–Crippen LogP) is 8.12. The Kier molecular flexibility index (Phi) is 7.10. The van der Waals surface area contributed by atoms with Gasteiger partial charge in [-0.2, -0.15) is 11.8 Å². The maximum Gasteiger partial charge on any atom is 0.163 e. The number of nitrogens with zero attached hydrogens (tertiary/aromatic N) is 4. The zero-order valence-electron chi connectivity index (χ0n) is 22.7. The van der Waals surface area contributed by atoms with Gasteiger partial charge < -0.3 is 0 Å². The van der Waals surface area contributed by atoms with Crippen molar-refractivity contribution in [2.24, 2.45) is 11.8 Å². The minimum absolute atomic E-state index is 0.395. The Morgan fingerprint density at radius 1 is 0.625 bits per heavy atom. The molecule has 8 rings (SSSR count). The van der Waals surface area contributed by atoms with Gasteiger partial charge in [0, 0.05) is 55.3 Å². The van der Waals surface area contributed by atoms with E-state index in [0.29, 0.717) is 15.6 Å². The Morgan fingerprint density at radius 3 is 1.98 bits per heavy atom. The van der Waals surface area contributed by atoms with Gasteiger partial charge in [-0.1, -0.05) is 92.5 Å². The summed E-state index contributed by atoms with van der Waals surface area (Å²) in [7, 11) is 0. The summed E-state index contributed by atoms with van der Waals surface area (Å²) < 4.78 is 0. The maximum absolute atomic E-state index is 5.17. The number of aromatic nitrogens is 3. The van der Waals surface area contributed by atoms with Crippen LogP contribution < -0.4 is 0 Å². The van der Waals surface area contributed by atoms with Crippen molar-refractivity contribution in [1.82, 2.24) is 19.9 Å². The van der Waals surface area contributed by atoms with Crippen molar-refractivity contribution in [2.45, 2.75) is 95.6 Å². The number of fused-ring (bicyclic) bond motifs is 5. The van der Waals surface area contributed by atoms with Crippen LogP contribution in [0.15, 0.2) is 60.7 Å². The topological polar surface area (TPSA) is 41.9 Å². The molecule has 0 bridgehead atoms. The Morgan fingerprint density at radius 2 is 1.27 bits per heavy atom. The third-order valence-corrected chi connectivity index (χ3v) is 13.7. The van der Waals surface area contributed by atoms with Gasteiger partial charge in [0.05, 0.1) is 0 Å². The lowest BCUT2D eigenvalue weighted by Crippen LogP contribution is -2.61. The summed E-state index contributed by atoms with van der Waals surface area (Å²) in [6, 6.07) is 23.2. The second-order valence-electron chi connectivity index (χ2n) is 12.7. The van der Waals surface area contributed by atoms with Crippen LogP contribution in [0.2, 0.25) is 0 Å². The largest absolute Gasteiger partial charge is 0.292 e. The molecular weight excluding hydrogens is 644 g/mol. The van der Waals surface area contributed by atoms with Crippen LogP contribution in [-0.4, -0.2) is 58.1 Å². The lowest BCUT2D eigenvalue weighted by molar-refractivity contribution is 0.0621. The zero-order chi connectivity index (χ0) is 26.8. The van der Waals surface area contributed by atoms with Crippen LogP contribution in [0.3, 0.4) is 0 Å². The lowest BCUT2D eigenvalue weighted by atomic mass is 9.70. The first-order valence-electron chi connectivity index (χ1n) is 15.2. The highest BCUT2D eigenvalue weighted by Crippen LogP contribution is 2.60. The minimum atomic E-state index is 0.395. The molecule has 3 aliphatic carbocycles. The van der Waals surface area contributed by atoms with E-state index in [1.807, 2.05) is 0 Å². The molecule has 2 saturated heterocycles. The van der Waals surface area contributed by atoms with Crippen molar-refractivity contribution < 1.29 is 0 Å². The molecule has 3 saturated carbocycles. The first-order chi connectivity index (χ1) is 19.6. The summed E-state index contributed by atoms with van der Waals surface area (Å²) in [6.07, 6.45) is 10.4. The number of hydrogen-bond donors (Lipinski definition) is 0. The van der Waals surface area contributed by atoms with Crippen molar-refractivity contribution >= 4 is 43.6 Å². The Labute approximate surface area is 258 Å². The maximum atomic E-state index is 5.17. The van der Waals surface area contributed by atoms with Crippen molar-refractivity contribution in [3.8, 4) is 22.8 Å². The van der Waals surface area contributed by atoms with E-state index in [0.717, 1.165) is 69.1 Å². The smallest absolute Gasteiger partial charge is 0.163 e. The van der Waals surface area contributed by atoms with Gasteiger partial charge in [-0.25, -0.2) is 15.0 Å². The highest BCUT2D eigenvalue weighted by molar-refractivity contribution is 9.09. The van der Waals surface area contributed by atoms with E-state index in [4.69, 9.17) is 15.0 Å². The van der Waals surface area contributed by atoms with Gasteiger partial charge in [-0.05, 0) is 63.2 Å². The molecule has 4 nitrogen and oxygen atoms in total. The molecule has 208 valence electrons. The van der Waals surface area contributed by atoms with E-state index in [1.54, 1.807) is 0 Å². The Hall–Kier alpha value is -1.28. The van der Waals surface area contributed by atoms with Gasteiger partial charge in [0.25, 0.3) is 0 Å². The average Bonchev–Trinajstić information content (AvgIpc) is 3.32. The third-order valence-electron chi connectivity index (χ3n) is 10.5. The van der Waals surface area contributed by atoms with Crippen LogP contribution >= 0.6 is 43.6 Å². The number of benzene rings is 2. The number of alkyl halides is 2. The molecule has 0 radical (unpaired) electrons. The molecule has 0 N–H and O–H groups in total. The van der Waals surface area contributed by atoms with Gasteiger partial charge in [0.15, 0.2) is 11.6 Å². The van der Waals surface area contributed by atoms with Crippen LogP contribution in [0, 0.1) is 11.8 Å². The summed E-state index contributed by atoms with van der Waals surface area (Å²) in [5.41, 5.74) is 2.13. The molecule has 1 aromatic heterocycles. The SMILES string of the molecule is BrC1CCC2C(C1)SC1CC(Br)CC3C4CC(c5nc(-c6ccccc6)nc(-c6ccccc6)n5)CCC4N2C13. The molecule has 2 aliphatic heterocycles. The average molecular weight is 681 g/mol. The molecule has 5 fully saturated rings. The van der Waals surface area contributed by atoms with Gasteiger partial charge >= 0.3 is 0 Å². The molecule has 40 heavy (non-hydrogen) atoms. The summed E-state index contributed by atoms with van der Waals surface area (Å²) in [5, 5.41) is 1.57. The molecule has 10 unspecified atom stereocenters. The summed E-state index contributed by atoms with van der Waals surface area (Å²) >= 11 is 10.5. The quantitative estimate of drug-likeness (QED) is 0.262. The molecule has 0 spiro atoms. The highest BCUT2D eigenvalue weighted by atomic mass is 79.9. The molecule has 3 heterocycles. The normalized spacial score (nSPS) is 38.8. The third kappa shape index (κ3) is 4.62. The van der Waals surface area contributed by atoms with E-state index in [9.17, 15) is 0 Å². The molecule has 10 atom stereocenters. The van der Waals surface area contributed by atoms with Gasteiger partial charge in [0.1, 0.15) is 5.82 Å². The predicted molar refractivity (Wildman–Crippen MR) is 171 cm³/mol. The van der Waals surface area contributed by atoms with Crippen LogP contribution in [-0.2, 0) is 0 Å². The fourth-order valence-corrected chi connectivity index (χ4v) is 13.0. The number of rotatable bonds is 3. The van der Waals surface area contributed by atoms with Crippen molar-refractivity contribution in [2.75, 3.05) is 0 Å². The van der Waals surface area contributed by atoms with Crippen LogP contribution in [0.1, 0.15) is 63.1 Å². The summed E-state index contributed by atoms with van der Waals surface area (Å²) in [6.45, 7) is 0. The first-order valence-corrected chi connectivity index (χ1v) is 18.0. The van der Waals surface area contributed by atoms with Crippen molar-refractivity contribution in [3.63, 3.8) is 0 Å². The van der Waals surface area contributed by atoms with Crippen LogP contribution in [0.25, 0.3) is 22.8 Å². The first kappa shape index (κ1) is 26.4. The number of halogens is 2. The van der Waals surface area contributed by atoms with Crippen LogP contribution in [0.4, 0.5) is 0 Å². The molecule has 7 heteroatoms. The van der Waals surface area contributed by atoms with Crippen molar-refractivity contribution in [3.05, 3.63) is 66.5 Å². The minimum Gasteiger partial charge on any atom is -0.292 e. The van der Waals surface area contributed by atoms with Crippen molar-refractivity contribution in [1.29, 1.82) is 0 Å². The monoisotopic (exact) mass is 678 g/mol. The second-order valence-corrected chi connectivity index (χ2v) is 16.7. The number of hydrogen-bond acceptors (Lipinski definition) is 5. The second kappa shape index (κ2) is 10.8. The zero-order valence-corrected chi connectivity index (χ0v) is 26.6. The van der Waals surface area contributed by atoms with E-state index in [2.05, 4.69) is 109 Å². The lowest BCUT2D eigenvalue weighted by Gasteiger charge is -2.54. The Balaban J connectivity index is 1.14. The fraction of sp³-hybridized carbons (Fsp3) is 0.545. The highest BCUT2D eigenvalue weighted by Gasteiger charge is 2.61. The van der Waals surface area contributed by atoms with E-state index in [-0.39, 0.29) is 0 Å². The Bertz CT molecular complexity index is 1300. The summed E-state index contributed by atoms with van der Waals surface area (Å²) in [4.78, 5) is 19.8. The standard InChI is InChI=1S/C33H36Br2N4S/c34-22-12-14-27-28(17-22)40-29-18-23(35)16-25-24-15-21(11-13-26(24)39(27)30(25)29)33-37-31(19-7-3-1-4-8-19)36-32(38-33)20-9-5-2-6-10-20/h1-10,21-30H,11-18H2. The van der Waals surface area contributed by atoms with E-state index < -0.39 is 0 Å². The fourth-order valence-electron chi connectivity index (χ4n) is 8.90. The van der Waals surface area contributed by atoms with Gasteiger partial charge in [-0.3, -0.25) is 4.90 Å². The summed E-state index contributed by atoms with van der Waals surface area (Å²) in [5.74, 6) is 4.54. The van der Waals surface area contributed by atoms with Gasteiger partial charge in [0.2, 0.25) is 0 Å². The molecule has 2 aromatic carbocycles. The molecule has 5 aliphatic rings. The van der Waals surface area contributed by atoms with Gasteiger partial charge in [-0.15, -0.1) is 0 Å². The number of thioether (sulfide) groups is 1. The van der Waals surface area contributed by atoms with E-state index >= 15 is 0 Å². The van der Waals surface area contributed by atoms with E-state index in [1.165, 1.54) is 51.4 Å². The molecule has 3 aromatic rings. The molecular formula is C33H36Br2N4S. The van der Waals surface area contributed by atoms with Crippen LogP contribution in [0.5, 0.6) is 0 Å². The molecule has 0 amide bonds.